The third-order valence-corrected chi connectivity index (χ3v) is 3.32. The number of nitrogens with two attached hydrogens (primary N) is 1. The molecule has 0 heterocycles. The Labute approximate surface area is 118 Å². The van der Waals surface area contributed by atoms with E-state index in [1.165, 1.54) is 57.8 Å². The summed E-state index contributed by atoms with van der Waals surface area (Å²) in [6.45, 7) is 3.42. The fourth-order valence-corrected chi connectivity index (χ4v) is 2.09. The lowest BCUT2D eigenvalue weighted by atomic mass is 10.1. The van der Waals surface area contributed by atoms with Crippen LogP contribution in [0, 0.1) is 5.21 Å². The van der Waals surface area contributed by atoms with E-state index in [0.717, 1.165) is 11.9 Å². The molecule has 19 heavy (non-hydrogen) atoms. The number of aliphatic hydroxyl groups excluding tert-OH is 1. The van der Waals surface area contributed by atoms with Crippen molar-refractivity contribution < 1.29 is 15.3 Å². The van der Waals surface area contributed by atoms with Crippen molar-refractivity contribution in [2.24, 2.45) is 0 Å². The molecule has 0 aliphatic heterocycles. The quantitative estimate of drug-likeness (QED) is 0.356. The maximum Gasteiger partial charge on any atom is 0.126 e. The average molecular weight is 275 g/mol. The fraction of sp³-hybridized carbons (Fsp3) is 1.00. The molecule has 4 nitrogen and oxygen atoms in total. The molecule has 0 saturated carbocycles. The van der Waals surface area contributed by atoms with E-state index in [1.807, 2.05) is 0 Å². The monoisotopic (exact) mass is 275 g/mol. The van der Waals surface area contributed by atoms with E-state index in [-0.39, 0.29) is 13.2 Å². The van der Waals surface area contributed by atoms with Gasteiger partial charge in [-0.15, -0.1) is 0 Å². The smallest absolute Gasteiger partial charge is 0.126 e. The molecule has 1 unspecified atom stereocenters. The minimum atomic E-state index is -0.624. The molecular formula is C15H33NO3. The van der Waals surface area contributed by atoms with E-state index in [2.05, 4.69) is 6.92 Å². The van der Waals surface area contributed by atoms with Crippen LogP contribution in [0.4, 0.5) is 0 Å². The molecular weight excluding hydrogens is 242 g/mol. The predicted molar refractivity (Wildman–Crippen MR) is 78.8 cm³/mol. The molecule has 0 amide bonds. The van der Waals surface area contributed by atoms with Gasteiger partial charge in [-0.2, -0.15) is 0 Å². The van der Waals surface area contributed by atoms with Gasteiger partial charge < -0.3 is 20.5 Å². The van der Waals surface area contributed by atoms with Crippen LogP contribution < -0.4 is 5.48 Å². The molecule has 0 bridgehead atoms. The van der Waals surface area contributed by atoms with Gasteiger partial charge in [0.2, 0.25) is 0 Å². The Morgan fingerprint density at radius 1 is 0.947 bits per heavy atom. The van der Waals surface area contributed by atoms with Gasteiger partial charge in [0.25, 0.3) is 0 Å². The minimum absolute atomic E-state index is 0.179. The van der Waals surface area contributed by atoms with E-state index >= 15 is 0 Å². The first-order chi connectivity index (χ1) is 9.31. The highest BCUT2D eigenvalue weighted by Gasteiger charge is 2.03. The zero-order valence-corrected chi connectivity index (χ0v) is 12.6. The van der Waals surface area contributed by atoms with Crippen molar-refractivity contribution >= 4 is 0 Å². The third-order valence-electron chi connectivity index (χ3n) is 3.32. The Hall–Kier alpha value is -0.160. The number of ether oxygens (including phenoxy) is 1. The maximum absolute atomic E-state index is 10.1. The van der Waals surface area contributed by atoms with Crippen LogP contribution in [0.1, 0.15) is 71.1 Å². The van der Waals surface area contributed by atoms with Crippen molar-refractivity contribution in [1.82, 2.24) is 0 Å². The standard InChI is InChI=1S/C15H33NO3/c1-2-3-4-5-6-7-8-9-10-11-12-19-14-15(17)13-16-18/h15,17H,2-14,16H2,1H3. The largest absolute Gasteiger partial charge is 0.636 e. The summed E-state index contributed by atoms with van der Waals surface area (Å²) in [5, 5.41) is 19.4. The molecule has 0 rings (SSSR count). The third kappa shape index (κ3) is 15.8. The van der Waals surface area contributed by atoms with Crippen LogP contribution in [0.3, 0.4) is 0 Å². The van der Waals surface area contributed by atoms with Gasteiger partial charge in [-0.1, -0.05) is 64.7 Å². The summed E-state index contributed by atoms with van der Waals surface area (Å²) in [5.74, 6) is 0. The van der Waals surface area contributed by atoms with Gasteiger partial charge in [0.05, 0.1) is 6.61 Å². The number of aliphatic hydroxyl groups is 1. The average Bonchev–Trinajstić information content (AvgIpc) is 2.40. The number of hydrogen-bond donors (Lipinski definition) is 2. The van der Waals surface area contributed by atoms with Crippen LogP contribution in [0.2, 0.25) is 0 Å². The van der Waals surface area contributed by atoms with Gasteiger partial charge >= 0.3 is 0 Å². The fourth-order valence-electron chi connectivity index (χ4n) is 2.09. The topological polar surface area (TPSA) is 69.1 Å². The van der Waals surface area contributed by atoms with Crippen molar-refractivity contribution in [3.05, 3.63) is 5.21 Å². The number of quaternary nitrogens is 1. The number of hydroxylamine groups is 1. The first-order valence-corrected chi connectivity index (χ1v) is 8.00. The van der Waals surface area contributed by atoms with Crippen molar-refractivity contribution in [1.29, 1.82) is 0 Å². The summed E-state index contributed by atoms with van der Waals surface area (Å²) in [6, 6.07) is 0. The van der Waals surface area contributed by atoms with Gasteiger partial charge in [0, 0.05) is 6.61 Å². The molecule has 0 aromatic carbocycles. The van der Waals surface area contributed by atoms with Gasteiger partial charge in [-0.3, -0.25) is 0 Å². The Morgan fingerprint density at radius 2 is 1.47 bits per heavy atom. The van der Waals surface area contributed by atoms with Crippen molar-refractivity contribution in [2.45, 2.75) is 77.2 Å². The molecule has 3 N–H and O–H groups in total. The number of rotatable bonds is 15. The van der Waals surface area contributed by atoms with E-state index in [0.29, 0.717) is 6.61 Å². The molecule has 0 saturated heterocycles. The summed E-state index contributed by atoms with van der Waals surface area (Å²) >= 11 is 0. The van der Waals surface area contributed by atoms with Gasteiger partial charge in [-0.25, -0.2) is 0 Å². The Bertz CT molecular complexity index is 167. The summed E-state index contributed by atoms with van der Waals surface area (Å²) in [7, 11) is 0. The van der Waals surface area contributed by atoms with Crippen LogP contribution in [-0.2, 0) is 4.74 Å². The molecule has 0 aromatic heterocycles. The second-order valence-electron chi connectivity index (χ2n) is 5.31. The van der Waals surface area contributed by atoms with E-state index in [4.69, 9.17) is 4.74 Å². The lowest BCUT2D eigenvalue weighted by Crippen LogP contribution is -2.80. The van der Waals surface area contributed by atoms with Crippen LogP contribution in [-0.4, -0.2) is 31.0 Å². The molecule has 116 valence electrons. The zero-order chi connectivity index (χ0) is 14.2. The van der Waals surface area contributed by atoms with E-state index in [1.54, 1.807) is 0 Å². The number of hydrogen-bond acceptors (Lipinski definition) is 3. The lowest BCUT2D eigenvalue weighted by molar-refractivity contribution is -0.596. The van der Waals surface area contributed by atoms with Gasteiger partial charge in [0.1, 0.15) is 12.6 Å². The van der Waals surface area contributed by atoms with Crippen LogP contribution >= 0.6 is 0 Å². The normalized spacial score (nSPS) is 12.8. The molecule has 0 aromatic rings. The van der Waals surface area contributed by atoms with E-state index in [9.17, 15) is 10.3 Å². The second-order valence-corrected chi connectivity index (χ2v) is 5.31. The summed E-state index contributed by atoms with van der Waals surface area (Å²) in [5.41, 5.74) is 0.731. The molecule has 0 aliphatic carbocycles. The SMILES string of the molecule is CCCCCCCCCCCCOCC(O)C[NH2+][O-]. The van der Waals surface area contributed by atoms with Gasteiger partial charge in [0.15, 0.2) is 0 Å². The van der Waals surface area contributed by atoms with E-state index < -0.39 is 6.10 Å². The highest BCUT2D eigenvalue weighted by Crippen LogP contribution is 2.10. The van der Waals surface area contributed by atoms with Crippen molar-refractivity contribution in [3.63, 3.8) is 0 Å². The minimum Gasteiger partial charge on any atom is -0.636 e. The summed E-state index contributed by atoms with van der Waals surface area (Å²) < 4.78 is 5.31. The van der Waals surface area contributed by atoms with Crippen molar-refractivity contribution in [3.8, 4) is 0 Å². The maximum atomic E-state index is 10.1. The first kappa shape index (κ1) is 18.8. The summed E-state index contributed by atoms with van der Waals surface area (Å²) in [6.07, 6.45) is 12.5. The molecule has 0 fully saturated rings. The Balaban J connectivity index is 2.99. The molecule has 4 heteroatoms. The summed E-state index contributed by atoms with van der Waals surface area (Å²) in [4.78, 5) is 0. The van der Waals surface area contributed by atoms with Crippen LogP contribution in [0.25, 0.3) is 0 Å². The Morgan fingerprint density at radius 3 is 2.00 bits per heavy atom. The molecule has 0 aliphatic rings. The van der Waals surface area contributed by atoms with Gasteiger partial charge in [-0.05, 0) is 6.42 Å². The number of unbranched alkanes of at least 4 members (excludes halogenated alkanes) is 9. The molecule has 1 atom stereocenters. The first-order valence-electron chi connectivity index (χ1n) is 8.00. The van der Waals surface area contributed by atoms with Crippen LogP contribution in [0.15, 0.2) is 0 Å². The lowest BCUT2D eigenvalue weighted by Gasteiger charge is -2.10. The second kappa shape index (κ2) is 15.9. The molecule has 0 radical (unpaired) electrons. The zero-order valence-electron chi connectivity index (χ0n) is 12.6. The Kier molecular flexibility index (Phi) is 15.8. The molecule has 0 spiro atoms. The van der Waals surface area contributed by atoms with Crippen molar-refractivity contribution in [2.75, 3.05) is 19.8 Å². The van der Waals surface area contributed by atoms with Crippen LogP contribution in [0.5, 0.6) is 0 Å². The highest BCUT2D eigenvalue weighted by atomic mass is 16.5. The highest BCUT2D eigenvalue weighted by molar-refractivity contribution is 4.50. The predicted octanol–water partition coefficient (Wildman–Crippen LogP) is 2.35.